The molecule has 0 atom stereocenters. The van der Waals surface area contributed by atoms with Gasteiger partial charge >= 0.3 is 0 Å². The van der Waals surface area contributed by atoms with Crippen LogP contribution in [0.3, 0.4) is 0 Å². The van der Waals surface area contributed by atoms with E-state index in [1.54, 1.807) is 60.7 Å². The second kappa shape index (κ2) is 6.78. The predicted molar refractivity (Wildman–Crippen MR) is 94.3 cm³/mol. The lowest BCUT2D eigenvalue weighted by Crippen LogP contribution is -2.35. The van der Waals surface area contributed by atoms with Gasteiger partial charge in [0.05, 0.1) is 10.6 Å². The zero-order chi connectivity index (χ0) is 17.9. The minimum absolute atomic E-state index is 0.0285. The smallest absolute Gasteiger partial charge is 0.181 e. The maximum absolute atomic E-state index is 13.1. The third kappa shape index (κ3) is 3.62. The molecule has 0 aliphatic heterocycles. The molecule has 0 spiro atoms. The van der Waals surface area contributed by atoms with Crippen LogP contribution in [0.4, 0.5) is 4.39 Å². The van der Waals surface area contributed by atoms with Crippen LogP contribution in [0.5, 0.6) is 0 Å². The number of hydrogen-bond donors (Lipinski definition) is 1. The first-order chi connectivity index (χ1) is 11.9. The molecule has 0 aliphatic carbocycles. The summed E-state index contributed by atoms with van der Waals surface area (Å²) in [7, 11) is -3.85. The molecule has 0 bridgehead atoms. The molecular weight excluding hydrogens is 339 g/mol. The van der Waals surface area contributed by atoms with Gasteiger partial charge in [-0.25, -0.2) is 12.8 Å². The normalized spacial score (nSPS) is 12.1. The van der Waals surface area contributed by atoms with Crippen LogP contribution in [0.1, 0.15) is 11.1 Å². The fraction of sp³-hybridized carbons (Fsp3) is 0.100. The lowest BCUT2D eigenvalue weighted by Gasteiger charge is -2.29. The minimum atomic E-state index is -3.85. The first kappa shape index (κ1) is 17.3. The Morgan fingerprint density at radius 3 is 1.64 bits per heavy atom. The van der Waals surface area contributed by atoms with Gasteiger partial charge in [-0.1, -0.05) is 60.7 Å². The van der Waals surface area contributed by atoms with Gasteiger partial charge in [-0.3, -0.25) is 0 Å². The van der Waals surface area contributed by atoms with E-state index in [2.05, 4.69) is 0 Å². The zero-order valence-electron chi connectivity index (χ0n) is 13.3. The molecule has 0 aliphatic rings. The molecule has 1 N–H and O–H groups in total. The summed E-state index contributed by atoms with van der Waals surface area (Å²) in [4.78, 5) is -0.0285. The molecule has 5 heteroatoms. The molecule has 0 heterocycles. The van der Waals surface area contributed by atoms with Crippen molar-refractivity contribution in [3.8, 4) is 0 Å². The molecule has 3 rings (SSSR count). The van der Waals surface area contributed by atoms with Gasteiger partial charge in [0.1, 0.15) is 11.4 Å². The van der Waals surface area contributed by atoms with Crippen molar-refractivity contribution in [2.75, 3.05) is 5.75 Å². The Bertz CT molecular complexity index is 898. The summed E-state index contributed by atoms with van der Waals surface area (Å²) < 4.78 is 38.7. The zero-order valence-corrected chi connectivity index (χ0v) is 14.2. The Morgan fingerprint density at radius 2 is 1.20 bits per heavy atom. The highest BCUT2D eigenvalue weighted by Crippen LogP contribution is 2.33. The third-order valence-electron chi connectivity index (χ3n) is 4.07. The van der Waals surface area contributed by atoms with Crippen LogP contribution >= 0.6 is 0 Å². The van der Waals surface area contributed by atoms with Gasteiger partial charge in [0.2, 0.25) is 0 Å². The summed E-state index contributed by atoms with van der Waals surface area (Å²) in [5, 5.41) is 11.4. The second-order valence-corrected chi connectivity index (χ2v) is 7.79. The Kier molecular flexibility index (Phi) is 4.70. The molecule has 0 fully saturated rings. The van der Waals surface area contributed by atoms with Gasteiger partial charge in [0.25, 0.3) is 0 Å². The predicted octanol–water partition coefficient (Wildman–Crippen LogP) is 3.54. The standard InChI is InChI=1S/C20H17FO3S/c21-18-11-13-19(14-12-18)25(23,24)15-20(22,16-7-3-1-4-8-16)17-9-5-2-6-10-17/h1-14,22H,15H2. The van der Waals surface area contributed by atoms with E-state index in [-0.39, 0.29) is 4.90 Å². The third-order valence-corrected chi connectivity index (χ3v) is 5.86. The van der Waals surface area contributed by atoms with Crippen molar-refractivity contribution in [3.05, 3.63) is 102 Å². The molecule has 0 radical (unpaired) electrons. The largest absolute Gasteiger partial charge is 0.379 e. The van der Waals surface area contributed by atoms with Crippen molar-refractivity contribution in [1.82, 2.24) is 0 Å². The van der Waals surface area contributed by atoms with Crippen LogP contribution in [0, 0.1) is 5.82 Å². The topological polar surface area (TPSA) is 54.4 Å². The van der Waals surface area contributed by atoms with Crippen LogP contribution in [-0.2, 0) is 15.4 Å². The Balaban J connectivity index is 2.09. The van der Waals surface area contributed by atoms with Gasteiger partial charge in [-0.05, 0) is 35.4 Å². The summed E-state index contributed by atoms with van der Waals surface area (Å²) >= 11 is 0. The Morgan fingerprint density at radius 1 is 0.760 bits per heavy atom. The maximum Gasteiger partial charge on any atom is 0.181 e. The van der Waals surface area contributed by atoms with Gasteiger partial charge in [0, 0.05) is 0 Å². The van der Waals surface area contributed by atoms with Crippen molar-refractivity contribution in [2.24, 2.45) is 0 Å². The number of sulfone groups is 1. The van der Waals surface area contributed by atoms with Gasteiger partial charge in [-0.15, -0.1) is 0 Å². The molecule has 0 saturated heterocycles. The van der Waals surface area contributed by atoms with Gasteiger partial charge in [0.15, 0.2) is 9.84 Å². The molecule has 128 valence electrons. The lowest BCUT2D eigenvalue weighted by atomic mass is 9.88. The highest BCUT2D eigenvalue weighted by Gasteiger charge is 2.37. The molecule has 3 aromatic rings. The van der Waals surface area contributed by atoms with Crippen molar-refractivity contribution < 1.29 is 17.9 Å². The van der Waals surface area contributed by atoms with Crippen molar-refractivity contribution in [2.45, 2.75) is 10.5 Å². The van der Waals surface area contributed by atoms with E-state index in [4.69, 9.17) is 0 Å². The first-order valence-electron chi connectivity index (χ1n) is 7.74. The van der Waals surface area contributed by atoms with E-state index in [1.807, 2.05) is 0 Å². The van der Waals surface area contributed by atoms with E-state index in [9.17, 15) is 17.9 Å². The summed E-state index contributed by atoms with van der Waals surface area (Å²) in [6.45, 7) is 0. The summed E-state index contributed by atoms with van der Waals surface area (Å²) in [5.41, 5.74) is -0.755. The monoisotopic (exact) mass is 356 g/mol. The molecule has 3 nitrogen and oxygen atoms in total. The average molecular weight is 356 g/mol. The highest BCUT2D eigenvalue weighted by atomic mass is 32.2. The second-order valence-electron chi connectivity index (χ2n) is 5.81. The van der Waals surface area contributed by atoms with Crippen molar-refractivity contribution >= 4 is 9.84 Å². The molecule has 0 amide bonds. The van der Waals surface area contributed by atoms with Crippen LogP contribution in [-0.4, -0.2) is 19.3 Å². The number of aliphatic hydroxyl groups is 1. The SMILES string of the molecule is O=S(=O)(CC(O)(c1ccccc1)c1ccccc1)c1ccc(F)cc1. The van der Waals surface area contributed by atoms with E-state index in [0.717, 1.165) is 12.1 Å². The average Bonchev–Trinajstić information content (AvgIpc) is 2.63. The summed E-state index contributed by atoms with van der Waals surface area (Å²) in [6.07, 6.45) is 0. The fourth-order valence-electron chi connectivity index (χ4n) is 2.76. The number of rotatable bonds is 5. The van der Waals surface area contributed by atoms with Crippen molar-refractivity contribution in [1.29, 1.82) is 0 Å². The molecule has 0 saturated carbocycles. The first-order valence-corrected chi connectivity index (χ1v) is 9.39. The van der Waals surface area contributed by atoms with E-state index < -0.39 is 27.0 Å². The fourth-order valence-corrected chi connectivity index (χ4v) is 4.36. The lowest BCUT2D eigenvalue weighted by molar-refractivity contribution is 0.105. The van der Waals surface area contributed by atoms with Crippen LogP contribution in [0.15, 0.2) is 89.8 Å². The van der Waals surface area contributed by atoms with Gasteiger partial charge < -0.3 is 5.11 Å². The maximum atomic E-state index is 13.1. The molecule has 3 aromatic carbocycles. The van der Waals surface area contributed by atoms with Crippen LogP contribution in [0.2, 0.25) is 0 Å². The van der Waals surface area contributed by atoms with E-state index in [1.165, 1.54) is 12.1 Å². The number of benzene rings is 3. The minimum Gasteiger partial charge on any atom is -0.379 e. The van der Waals surface area contributed by atoms with Crippen LogP contribution in [0.25, 0.3) is 0 Å². The quantitative estimate of drug-likeness (QED) is 0.712. The number of halogens is 1. The molecule has 25 heavy (non-hydrogen) atoms. The Hall–Kier alpha value is -2.50. The molecular formula is C20H17FO3S. The molecule has 0 unspecified atom stereocenters. The van der Waals surface area contributed by atoms with E-state index in [0.29, 0.717) is 11.1 Å². The van der Waals surface area contributed by atoms with Crippen LogP contribution < -0.4 is 0 Å². The summed E-state index contributed by atoms with van der Waals surface area (Å²) in [6, 6.07) is 21.9. The molecule has 0 aromatic heterocycles. The highest BCUT2D eigenvalue weighted by molar-refractivity contribution is 7.91. The summed E-state index contributed by atoms with van der Waals surface area (Å²) in [5.74, 6) is -1.06. The Labute approximate surface area is 146 Å². The van der Waals surface area contributed by atoms with Crippen molar-refractivity contribution in [3.63, 3.8) is 0 Å². The van der Waals surface area contributed by atoms with E-state index >= 15 is 0 Å². The number of hydrogen-bond acceptors (Lipinski definition) is 3. The van der Waals surface area contributed by atoms with Gasteiger partial charge in [-0.2, -0.15) is 0 Å².